The number of aromatic nitrogens is 2. The monoisotopic (exact) mass is 317 g/mol. The largest absolute Gasteiger partial charge is 0.444 e. The zero-order valence-electron chi connectivity index (χ0n) is 11.5. The first-order valence-electron chi connectivity index (χ1n) is 5.87. The Morgan fingerprint density at radius 3 is 2.50 bits per heavy atom. The maximum atomic E-state index is 11.4. The van der Waals surface area contributed by atoms with Crippen LogP contribution >= 0.6 is 15.9 Å². The van der Waals surface area contributed by atoms with E-state index in [0.29, 0.717) is 13.1 Å². The van der Waals surface area contributed by atoms with Crippen LogP contribution < -0.4 is 5.32 Å². The van der Waals surface area contributed by atoms with Gasteiger partial charge in [-0.05, 0) is 50.5 Å². The van der Waals surface area contributed by atoms with Crippen molar-refractivity contribution in [2.24, 2.45) is 0 Å². The van der Waals surface area contributed by atoms with Crippen molar-refractivity contribution in [3.8, 4) is 0 Å². The van der Waals surface area contributed by atoms with E-state index in [1.165, 1.54) is 0 Å². The number of nitrogens with zero attached hydrogens (tertiary/aromatic N) is 2. The van der Waals surface area contributed by atoms with Crippen LogP contribution in [0.2, 0.25) is 0 Å². The number of carbonyl (C=O) groups excluding carboxylic acids is 1. The van der Waals surface area contributed by atoms with Crippen molar-refractivity contribution in [2.45, 2.75) is 46.8 Å². The molecule has 0 spiro atoms. The van der Waals surface area contributed by atoms with Crippen molar-refractivity contribution in [1.82, 2.24) is 15.1 Å². The lowest BCUT2D eigenvalue weighted by Crippen LogP contribution is -2.34. The molecule has 1 amide bonds. The minimum absolute atomic E-state index is 0.400. The predicted molar refractivity (Wildman–Crippen MR) is 73.6 cm³/mol. The average Bonchev–Trinajstić information content (AvgIpc) is 2.44. The highest BCUT2D eigenvalue weighted by atomic mass is 79.9. The molecule has 0 fully saturated rings. The molecule has 0 aromatic carbocycles. The SMILES string of the molecule is Cc1nn(CCNC(=O)OC(C)(C)C)c(C)c1Br. The van der Waals surface area contributed by atoms with Crippen molar-refractivity contribution < 1.29 is 9.53 Å². The fourth-order valence-electron chi connectivity index (χ4n) is 1.47. The van der Waals surface area contributed by atoms with Gasteiger partial charge in [-0.3, -0.25) is 4.68 Å². The van der Waals surface area contributed by atoms with Crippen molar-refractivity contribution in [1.29, 1.82) is 0 Å². The van der Waals surface area contributed by atoms with Crippen molar-refractivity contribution in [2.75, 3.05) is 6.54 Å². The third-order valence-corrected chi connectivity index (χ3v) is 3.43. The lowest BCUT2D eigenvalue weighted by atomic mass is 10.2. The summed E-state index contributed by atoms with van der Waals surface area (Å²) in [6.07, 6.45) is -0.400. The zero-order chi connectivity index (χ0) is 13.9. The molecule has 0 atom stereocenters. The van der Waals surface area contributed by atoms with Crippen molar-refractivity contribution >= 4 is 22.0 Å². The van der Waals surface area contributed by atoms with Gasteiger partial charge in [0.2, 0.25) is 0 Å². The molecule has 0 saturated carbocycles. The number of carbonyl (C=O) groups is 1. The Hall–Kier alpha value is -1.04. The van der Waals surface area contributed by atoms with Crippen LogP contribution in [0.25, 0.3) is 0 Å². The topological polar surface area (TPSA) is 56.2 Å². The molecule has 1 aromatic rings. The van der Waals surface area contributed by atoms with Gasteiger partial charge in [0.1, 0.15) is 5.60 Å². The van der Waals surface area contributed by atoms with E-state index in [2.05, 4.69) is 26.3 Å². The number of rotatable bonds is 3. The van der Waals surface area contributed by atoms with Crippen LogP contribution in [-0.4, -0.2) is 28.0 Å². The molecular weight excluding hydrogens is 298 g/mol. The first kappa shape index (κ1) is 15.0. The second-order valence-electron chi connectivity index (χ2n) is 5.14. The summed E-state index contributed by atoms with van der Waals surface area (Å²) in [4.78, 5) is 11.4. The molecule has 0 unspecified atom stereocenters. The van der Waals surface area contributed by atoms with E-state index in [1.54, 1.807) is 0 Å². The minimum atomic E-state index is -0.467. The highest BCUT2D eigenvalue weighted by Gasteiger charge is 2.15. The molecule has 0 aliphatic heterocycles. The smallest absolute Gasteiger partial charge is 0.407 e. The Balaban J connectivity index is 2.42. The molecule has 0 saturated heterocycles. The molecule has 0 radical (unpaired) electrons. The van der Waals surface area contributed by atoms with Gasteiger partial charge in [-0.15, -0.1) is 0 Å². The lowest BCUT2D eigenvalue weighted by Gasteiger charge is -2.19. The van der Waals surface area contributed by atoms with Crippen LogP contribution in [0, 0.1) is 13.8 Å². The van der Waals surface area contributed by atoms with Gasteiger partial charge in [-0.2, -0.15) is 5.10 Å². The molecule has 1 heterocycles. The fourth-order valence-corrected chi connectivity index (χ4v) is 1.75. The quantitative estimate of drug-likeness (QED) is 0.932. The highest BCUT2D eigenvalue weighted by molar-refractivity contribution is 9.10. The number of aryl methyl sites for hydroxylation is 1. The number of hydrogen-bond donors (Lipinski definition) is 1. The predicted octanol–water partition coefficient (Wildman–Crippen LogP) is 2.79. The summed E-state index contributed by atoms with van der Waals surface area (Å²) in [5, 5.41) is 7.07. The van der Waals surface area contributed by atoms with E-state index >= 15 is 0 Å². The summed E-state index contributed by atoms with van der Waals surface area (Å²) < 4.78 is 8.02. The van der Waals surface area contributed by atoms with Gasteiger partial charge < -0.3 is 10.1 Å². The van der Waals surface area contributed by atoms with Crippen LogP contribution in [0.3, 0.4) is 0 Å². The maximum absolute atomic E-state index is 11.4. The number of halogens is 1. The van der Waals surface area contributed by atoms with Gasteiger partial charge in [0.15, 0.2) is 0 Å². The first-order chi connectivity index (χ1) is 8.20. The average molecular weight is 318 g/mol. The third kappa shape index (κ3) is 4.33. The van der Waals surface area contributed by atoms with Crippen LogP contribution in [0.15, 0.2) is 4.47 Å². The first-order valence-corrected chi connectivity index (χ1v) is 6.66. The molecule has 5 nitrogen and oxygen atoms in total. The highest BCUT2D eigenvalue weighted by Crippen LogP contribution is 2.19. The molecule has 0 bridgehead atoms. The Labute approximate surface area is 116 Å². The number of nitrogens with one attached hydrogen (secondary N) is 1. The van der Waals surface area contributed by atoms with Gasteiger partial charge in [-0.1, -0.05) is 0 Å². The molecule has 6 heteroatoms. The zero-order valence-corrected chi connectivity index (χ0v) is 13.1. The van der Waals surface area contributed by atoms with Crippen molar-refractivity contribution in [3.63, 3.8) is 0 Å². The maximum Gasteiger partial charge on any atom is 0.407 e. The Kier molecular flexibility index (Phi) is 4.78. The standard InChI is InChI=1S/C12H20BrN3O2/c1-8-10(13)9(2)16(15-8)7-6-14-11(17)18-12(3,4)5/h6-7H2,1-5H3,(H,14,17). The Morgan fingerprint density at radius 2 is 2.06 bits per heavy atom. The van der Waals surface area contributed by atoms with Crippen molar-refractivity contribution in [3.05, 3.63) is 15.9 Å². The van der Waals surface area contributed by atoms with Crippen LogP contribution in [0.4, 0.5) is 4.79 Å². The second-order valence-corrected chi connectivity index (χ2v) is 5.93. The summed E-state index contributed by atoms with van der Waals surface area (Å²) in [5.41, 5.74) is 1.54. The number of alkyl carbamates (subject to hydrolysis) is 1. The molecule has 18 heavy (non-hydrogen) atoms. The fraction of sp³-hybridized carbons (Fsp3) is 0.667. The van der Waals surface area contributed by atoms with E-state index in [0.717, 1.165) is 15.9 Å². The van der Waals surface area contributed by atoms with Crippen LogP contribution in [0.5, 0.6) is 0 Å². The van der Waals surface area contributed by atoms with Gasteiger partial charge in [-0.25, -0.2) is 4.79 Å². The number of ether oxygens (including phenoxy) is 1. The van der Waals surface area contributed by atoms with E-state index in [4.69, 9.17) is 4.74 Å². The molecule has 0 aliphatic carbocycles. The molecule has 1 N–H and O–H groups in total. The summed E-state index contributed by atoms with van der Waals surface area (Å²) >= 11 is 3.47. The van der Waals surface area contributed by atoms with Gasteiger partial charge in [0.25, 0.3) is 0 Å². The van der Waals surface area contributed by atoms with Crippen LogP contribution in [0.1, 0.15) is 32.2 Å². The Morgan fingerprint density at radius 1 is 1.44 bits per heavy atom. The van der Waals surface area contributed by atoms with E-state index in [-0.39, 0.29) is 0 Å². The number of amides is 1. The van der Waals surface area contributed by atoms with Gasteiger partial charge >= 0.3 is 6.09 Å². The normalized spacial score (nSPS) is 11.4. The van der Waals surface area contributed by atoms with Gasteiger partial charge in [0, 0.05) is 12.2 Å². The molecular formula is C12H20BrN3O2. The van der Waals surface area contributed by atoms with Gasteiger partial charge in [0.05, 0.1) is 16.7 Å². The lowest BCUT2D eigenvalue weighted by molar-refractivity contribution is 0.0525. The molecule has 1 aromatic heterocycles. The van der Waals surface area contributed by atoms with E-state index < -0.39 is 11.7 Å². The van der Waals surface area contributed by atoms with Crippen LogP contribution in [-0.2, 0) is 11.3 Å². The summed E-state index contributed by atoms with van der Waals surface area (Å²) in [6.45, 7) is 10.5. The third-order valence-electron chi connectivity index (χ3n) is 2.29. The minimum Gasteiger partial charge on any atom is -0.444 e. The van der Waals surface area contributed by atoms with E-state index in [9.17, 15) is 4.79 Å². The molecule has 102 valence electrons. The number of hydrogen-bond acceptors (Lipinski definition) is 3. The van der Waals surface area contributed by atoms with E-state index in [1.807, 2.05) is 39.3 Å². The summed E-state index contributed by atoms with van der Waals surface area (Å²) in [6, 6.07) is 0. The summed E-state index contributed by atoms with van der Waals surface area (Å²) in [5.74, 6) is 0. The molecule has 1 rings (SSSR count). The molecule has 0 aliphatic rings. The summed E-state index contributed by atoms with van der Waals surface area (Å²) in [7, 11) is 0. The Bertz CT molecular complexity index is 435. The second kappa shape index (κ2) is 5.73.